The largest absolute Gasteiger partial charge is 0.303 e. The molecule has 0 spiro atoms. The van der Waals surface area contributed by atoms with E-state index in [1.54, 1.807) is 0 Å². The van der Waals surface area contributed by atoms with Crippen molar-refractivity contribution < 1.29 is 0 Å². The van der Waals surface area contributed by atoms with Crippen LogP contribution in [0.15, 0.2) is 30.9 Å². The van der Waals surface area contributed by atoms with Gasteiger partial charge in [-0.1, -0.05) is 32.4 Å². The standard InChI is InChI=1S/C27H41N3/c1-20(2)21(3)27-14-13-25(28-29-27)12-11-23-18-24-15-17-30(16-7-10-26(23)24)19-22-8-5-4-6-9-22/h13-14,22-24,26H,1,3-12,15-19H2,2H3. The number of rotatable bonds is 7. The fourth-order valence-corrected chi connectivity index (χ4v) is 6.20. The average Bonchev–Trinajstić information content (AvgIpc) is 2.74. The van der Waals surface area contributed by atoms with Crippen LogP contribution in [0.5, 0.6) is 0 Å². The molecule has 0 amide bonds. The van der Waals surface area contributed by atoms with Gasteiger partial charge < -0.3 is 4.90 Å². The Morgan fingerprint density at radius 2 is 1.83 bits per heavy atom. The van der Waals surface area contributed by atoms with Gasteiger partial charge in [0.25, 0.3) is 0 Å². The molecule has 4 rings (SSSR count). The van der Waals surface area contributed by atoms with Gasteiger partial charge in [0.15, 0.2) is 0 Å². The Morgan fingerprint density at radius 3 is 2.57 bits per heavy atom. The first-order valence-electron chi connectivity index (χ1n) is 12.5. The van der Waals surface area contributed by atoms with Gasteiger partial charge in [-0.05, 0) is 118 Å². The summed E-state index contributed by atoms with van der Waals surface area (Å²) in [7, 11) is 0. The predicted molar refractivity (Wildman–Crippen MR) is 126 cm³/mol. The van der Waals surface area contributed by atoms with Gasteiger partial charge in [0.2, 0.25) is 0 Å². The summed E-state index contributed by atoms with van der Waals surface area (Å²) >= 11 is 0. The normalized spacial score (nSPS) is 28.1. The second-order valence-corrected chi connectivity index (χ2v) is 10.4. The molecule has 1 aliphatic heterocycles. The number of allylic oxidation sites excluding steroid dienone is 2. The predicted octanol–water partition coefficient (Wildman–Crippen LogP) is 6.32. The Hall–Kier alpha value is -1.48. The molecule has 0 aromatic carbocycles. The molecule has 0 radical (unpaired) electrons. The second kappa shape index (κ2) is 10.2. The van der Waals surface area contributed by atoms with Crippen LogP contribution >= 0.6 is 0 Å². The number of hydrogen-bond acceptors (Lipinski definition) is 3. The molecule has 3 fully saturated rings. The molecule has 3 aliphatic rings. The van der Waals surface area contributed by atoms with Crippen molar-refractivity contribution >= 4 is 5.57 Å². The Kier molecular flexibility index (Phi) is 7.41. The molecule has 0 bridgehead atoms. The maximum Gasteiger partial charge on any atom is 0.0926 e. The minimum atomic E-state index is 0.854. The van der Waals surface area contributed by atoms with Crippen LogP contribution in [0.4, 0.5) is 0 Å². The summed E-state index contributed by atoms with van der Waals surface area (Å²) in [4.78, 5) is 2.81. The molecule has 1 aromatic heterocycles. The van der Waals surface area contributed by atoms with Crippen LogP contribution in [0.2, 0.25) is 0 Å². The molecule has 0 N–H and O–H groups in total. The average molecular weight is 408 g/mol. The van der Waals surface area contributed by atoms with Crippen molar-refractivity contribution in [3.63, 3.8) is 0 Å². The molecule has 2 heterocycles. The van der Waals surface area contributed by atoms with E-state index in [-0.39, 0.29) is 0 Å². The third-order valence-corrected chi connectivity index (χ3v) is 8.20. The van der Waals surface area contributed by atoms with Gasteiger partial charge >= 0.3 is 0 Å². The molecule has 3 nitrogen and oxygen atoms in total. The molecular weight excluding hydrogens is 366 g/mol. The summed E-state index contributed by atoms with van der Waals surface area (Å²) in [5, 5.41) is 8.83. The highest BCUT2D eigenvalue weighted by molar-refractivity contribution is 5.73. The lowest BCUT2D eigenvalue weighted by Crippen LogP contribution is -2.43. The SMILES string of the molecule is C=C(C)C(=C)c1ccc(CCC2CC3CCN(CC4CCCCC4)CCCC23)nn1. The van der Waals surface area contributed by atoms with Crippen molar-refractivity contribution in [2.45, 2.75) is 77.6 Å². The van der Waals surface area contributed by atoms with E-state index < -0.39 is 0 Å². The molecule has 2 saturated carbocycles. The zero-order chi connectivity index (χ0) is 20.9. The number of aromatic nitrogens is 2. The van der Waals surface area contributed by atoms with E-state index >= 15 is 0 Å². The topological polar surface area (TPSA) is 29.0 Å². The highest BCUT2D eigenvalue weighted by Gasteiger charge is 2.40. The van der Waals surface area contributed by atoms with Crippen LogP contribution in [-0.4, -0.2) is 34.7 Å². The van der Waals surface area contributed by atoms with Gasteiger partial charge in [-0.15, -0.1) is 0 Å². The van der Waals surface area contributed by atoms with Gasteiger partial charge in [-0.25, -0.2) is 0 Å². The first-order valence-corrected chi connectivity index (χ1v) is 12.5. The number of hydrogen-bond donors (Lipinski definition) is 0. The molecule has 2 aliphatic carbocycles. The summed E-state index contributed by atoms with van der Waals surface area (Å²) in [5.74, 6) is 3.85. The highest BCUT2D eigenvalue weighted by atomic mass is 15.1. The monoisotopic (exact) mass is 407 g/mol. The van der Waals surface area contributed by atoms with Crippen molar-refractivity contribution in [3.8, 4) is 0 Å². The van der Waals surface area contributed by atoms with Crippen LogP contribution in [0, 0.1) is 23.7 Å². The van der Waals surface area contributed by atoms with Gasteiger partial charge in [-0.3, -0.25) is 0 Å². The van der Waals surface area contributed by atoms with E-state index in [9.17, 15) is 0 Å². The summed E-state index contributed by atoms with van der Waals surface area (Å²) in [6, 6.07) is 4.19. The van der Waals surface area contributed by atoms with Crippen molar-refractivity contribution in [1.29, 1.82) is 0 Å². The summed E-state index contributed by atoms with van der Waals surface area (Å²) in [6.45, 7) is 14.0. The summed E-state index contributed by atoms with van der Waals surface area (Å²) < 4.78 is 0. The Labute approximate surface area is 184 Å². The van der Waals surface area contributed by atoms with E-state index in [1.807, 2.05) is 6.92 Å². The van der Waals surface area contributed by atoms with E-state index in [0.717, 1.165) is 52.6 Å². The third kappa shape index (κ3) is 5.41. The molecule has 3 atom stereocenters. The minimum absolute atomic E-state index is 0.854. The lowest BCUT2D eigenvalue weighted by atomic mass is 9.60. The first kappa shape index (κ1) is 21.7. The smallest absolute Gasteiger partial charge is 0.0926 e. The quantitative estimate of drug-likeness (QED) is 0.495. The van der Waals surface area contributed by atoms with Gasteiger partial charge in [0, 0.05) is 6.54 Å². The summed E-state index contributed by atoms with van der Waals surface area (Å²) in [5.41, 5.74) is 3.83. The minimum Gasteiger partial charge on any atom is -0.303 e. The van der Waals surface area contributed by atoms with Crippen LogP contribution < -0.4 is 0 Å². The van der Waals surface area contributed by atoms with Crippen molar-refractivity contribution in [3.05, 3.63) is 42.3 Å². The lowest BCUT2D eigenvalue weighted by molar-refractivity contribution is 0.0213. The third-order valence-electron chi connectivity index (χ3n) is 8.20. The van der Waals surface area contributed by atoms with Crippen molar-refractivity contribution in [2.24, 2.45) is 23.7 Å². The van der Waals surface area contributed by atoms with E-state index in [1.165, 1.54) is 83.8 Å². The molecule has 1 aromatic rings. The highest BCUT2D eigenvalue weighted by Crippen LogP contribution is 2.48. The molecule has 3 heteroatoms. The Balaban J connectivity index is 1.20. The van der Waals surface area contributed by atoms with E-state index in [0.29, 0.717) is 0 Å². The first-order chi connectivity index (χ1) is 14.6. The number of aryl methyl sites for hydroxylation is 1. The lowest BCUT2D eigenvalue weighted by Gasteiger charge is -2.48. The molecule has 164 valence electrons. The maximum atomic E-state index is 4.46. The second-order valence-electron chi connectivity index (χ2n) is 10.4. The van der Waals surface area contributed by atoms with E-state index in [2.05, 4.69) is 40.4 Å². The fourth-order valence-electron chi connectivity index (χ4n) is 6.20. The fraction of sp³-hybridized carbons (Fsp3) is 0.704. The number of likely N-dealkylation sites (tertiary alicyclic amines) is 1. The summed E-state index contributed by atoms with van der Waals surface area (Å²) in [6.07, 6.45) is 15.5. The van der Waals surface area contributed by atoms with Crippen molar-refractivity contribution in [1.82, 2.24) is 15.1 Å². The van der Waals surface area contributed by atoms with Crippen molar-refractivity contribution in [2.75, 3.05) is 19.6 Å². The maximum absolute atomic E-state index is 4.46. The van der Waals surface area contributed by atoms with Gasteiger partial charge in [0.05, 0.1) is 11.4 Å². The molecular formula is C27H41N3. The molecule has 1 saturated heterocycles. The van der Waals surface area contributed by atoms with Crippen LogP contribution in [0.25, 0.3) is 5.57 Å². The van der Waals surface area contributed by atoms with Crippen LogP contribution in [0.3, 0.4) is 0 Å². The molecule has 3 unspecified atom stereocenters. The Bertz CT molecular complexity index is 716. The zero-order valence-corrected chi connectivity index (χ0v) is 19.1. The van der Waals surface area contributed by atoms with Crippen LogP contribution in [-0.2, 0) is 6.42 Å². The molecule has 30 heavy (non-hydrogen) atoms. The Morgan fingerprint density at radius 1 is 1.00 bits per heavy atom. The number of nitrogens with zero attached hydrogens (tertiary/aromatic N) is 3. The van der Waals surface area contributed by atoms with Gasteiger partial charge in [0.1, 0.15) is 0 Å². The number of fused-ring (bicyclic) bond motifs is 1. The van der Waals surface area contributed by atoms with Crippen LogP contribution in [0.1, 0.15) is 82.5 Å². The zero-order valence-electron chi connectivity index (χ0n) is 19.1. The van der Waals surface area contributed by atoms with E-state index in [4.69, 9.17) is 0 Å². The van der Waals surface area contributed by atoms with Gasteiger partial charge in [-0.2, -0.15) is 10.2 Å².